The summed E-state index contributed by atoms with van der Waals surface area (Å²) in [6.45, 7) is 17.4. The highest BCUT2D eigenvalue weighted by molar-refractivity contribution is 5.23. The molecule has 1 aliphatic rings. The Morgan fingerprint density at radius 1 is 1.06 bits per heavy atom. The molecule has 2 heteroatoms. The van der Waals surface area contributed by atoms with E-state index in [4.69, 9.17) is 0 Å². The molecule has 2 nitrogen and oxygen atoms in total. The van der Waals surface area contributed by atoms with Crippen molar-refractivity contribution in [2.24, 2.45) is 0 Å². The van der Waals surface area contributed by atoms with Crippen molar-refractivity contribution in [1.29, 1.82) is 0 Å². The molecule has 18 heavy (non-hydrogen) atoms. The normalized spacial score (nSPS) is 24.8. The van der Waals surface area contributed by atoms with Gasteiger partial charge < -0.3 is 4.90 Å². The molecule has 2 atom stereocenters. The molecular weight excluding hydrogens is 220 g/mol. The van der Waals surface area contributed by atoms with Gasteiger partial charge in [-0.25, -0.2) is 0 Å². The summed E-state index contributed by atoms with van der Waals surface area (Å²) in [5.74, 6) is 0. The lowest BCUT2D eigenvalue weighted by atomic mass is 10.1. The van der Waals surface area contributed by atoms with Gasteiger partial charge in [-0.3, -0.25) is 4.90 Å². The van der Waals surface area contributed by atoms with Crippen molar-refractivity contribution in [3.05, 3.63) is 23.4 Å². The highest BCUT2D eigenvalue weighted by Gasteiger charge is 2.27. The van der Waals surface area contributed by atoms with Gasteiger partial charge in [0.1, 0.15) is 0 Å². The molecule has 2 unspecified atom stereocenters. The molecule has 0 aromatic carbocycles. The second-order valence-electron chi connectivity index (χ2n) is 5.15. The summed E-state index contributed by atoms with van der Waals surface area (Å²) in [4.78, 5) is 4.99. The van der Waals surface area contributed by atoms with Crippen LogP contribution in [0.3, 0.4) is 0 Å². The molecule has 1 fully saturated rings. The lowest BCUT2D eigenvalue weighted by Crippen LogP contribution is -2.54. The van der Waals surface area contributed by atoms with E-state index >= 15 is 0 Å². The molecule has 1 saturated heterocycles. The van der Waals surface area contributed by atoms with Crippen LogP contribution in [0.15, 0.2) is 23.4 Å². The SMILES string of the molecule is C/C=C\C(=C(C)C)N1CC(C)N(C)C(C)C1.CC. The molecule has 1 heterocycles. The van der Waals surface area contributed by atoms with E-state index in [0.29, 0.717) is 12.1 Å². The van der Waals surface area contributed by atoms with E-state index in [-0.39, 0.29) is 0 Å². The number of rotatable bonds is 2. The highest BCUT2D eigenvalue weighted by Crippen LogP contribution is 2.20. The van der Waals surface area contributed by atoms with Gasteiger partial charge in [0, 0.05) is 30.9 Å². The van der Waals surface area contributed by atoms with Crippen LogP contribution in [0.4, 0.5) is 0 Å². The molecule has 0 bridgehead atoms. The van der Waals surface area contributed by atoms with E-state index in [1.165, 1.54) is 11.3 Å². The number of likely N-dealkylation sites (N-methyl/N-ethyl adjacent to an activating group) is 1. The Balaban J connectivity index is 0.00000137. The Morgan fingerprint density at radius 2 is 1.50 bits per heavy atom. The quantitative estimate of drug-likeness (QED) is 0.688. The zero-order chi connectivity index (χ0) is 14.3. The smallest absolute Gasteiger partial charge is 0.0350 e. The maximum atomic E-state index is 2.52. The fourth-order valence-corrected chi connectivity index (χ4v) is 2.35. The summed E-state index contributed by atoms with van der Waals surface area (Å²) >= 11 is 0. The summed E-state index contributed by atoms with van der Waals surface area (Å²) in [5.41, 5.74) is 2.80. The van der Waals surface area contributed by atoms with Gasteiger partial charge in [0.25, 0.3) is 0 Å². The highest BCUT2D eigenvalue weighted by atomic mass is 15.3. The number of hydrogen-bond acceptors (Lipinski definition) is 2. The fourth-order valence-electron chi connectivity index (χ4n) is 2.35. The largest absolute Gasteiger partial charge is 0.368 e. The van der Waals surface area contributed by atoms with Crippen LogP contribution in [-0.2, 0) is 0 Å². The molecule has 1 aliphatic heterocycles. The molecule has 0 aromatic heterocycles. The van der Waals surface area contributed by atoms with Gasteiger partial charge in [0.05, 0.1) is 0 Å². The van der Waals surface area contributed by atoms with E-state index in [9.17, 15) is 0 Å². The van der Waals surface area contributed by atoms with E-state index in [2.05, 4.69) is 63.6 Å². The van der Waals surface area contributed by atoms with E-state index in [1.54, 1.807) is 0 Å². The maximum absolute atomic E-state index is 2.52. The molecular formula is C16H32N2. The van der Waals surface area contributed by atoms with Crippen molar-refractivity contribution in [2.45, 2.75) is 60.5 Å². The first-order valence-corrected chi connectivity index (χ1v) is 7.24. The van der Waals surface area contributed by atoms with Gasteiger partial charge in [-0.2, -0.15) is 0 Å². The summed E-state index contributed by atoms with van der Waals surface area (Å²) in [6, 6.07) is 1.26. The first-order chi connectivity index (χ1) is 8.47. The van der Waals surface area contributed by atoms with Crippen LogP contribution in [0, 0.1) is 0 Å². The van der Waals surface area contributed by atoms with E-state index in [0.717, 1.165) is 13.1 Å². The van der Waals surface area contributed by atoms with Crippen LogP contribution in [0.1, 0.15) is 48.5 Å². The summed E-state index contributed by atoms with van der Waals surface area (Å²) in [7, 11) is 2.23. The van der Waals surface area contributed by atoms with E-state index < -0.39 is 0 Å². The molecule has 0 aromatic rings. The molecule has 1 rings (SSSR count). The minimum absolute atomic E-state index is 0.628. The Hall–Kier alpha value is -0.760. The average Bonchev–Trinajstić information content (AvgIpc) is 2.34. The second kappa shape index (κ2) is 8.36. The number of allylic oxidation sites excluding steroid dienone is 3. The first-order valence-electron chi connectivity index (χ1n) is 7.24. The maximum Gasteiger partial charge on any atom is 0.0350 e. The zero-order valence-corrected chi connectivity index (χ0v) is 13.6. The molecule has 106 valence electrons. The van der Waals surface area contributed by atoms with Gasteiger partial charge in [-0.05, 0) is 47.7 Å². The van der Waals surface area contributed by atoms with Crippen LogP contribution in [-0.4, -0.2) is 42.0 Å². The van der Waals surface area contributed by atoms with Crippen LogP contribution < -0.4 is 0 Å². The van der Waals surface area contributed by atoms with Crippen molar-refractivity contribution in [3.63, 3.8) is 0 Å². The summed E-state index contributed by atoms with van der Waals surface area (Å²) in [6.07, 6.45) is 4.37. The lowest BCUT2D eigenvalue weighted by molar-refractivity contribution is 0.0819. The Labute approximate surface area is 114 Å². The Bertz CT molecular complexity index is 275. The van der Waals surface area contributed by atoms with Gasteiger partial charge in [0.2, 0.25) is 0 Å². The van der Waals surface area contributed by atoms with E-state index in [1.807, 2.05) is 13.8 Å². The third-order valence-electron chi connectivity index (χ3n) is 3.54. The van der Waals surface area contributed by atoms with Gasteiger partial charge in [-0.15, -0.1) is 0 Å². The zero-order valence-electron chi connectivity index (χ0n) is 13.6. The third kappa shape index (κ3) is 4.49. The number of nitrogens with zero attached hydrogens (tertiary/aromatic N) is 2. The van der Waals surface area contributed by atoms with Crippen molar-refractivity contribution in [2.75, 3.05) is 20.1 Å². The molecule has 0 saturated carbocycles. The first kappa shape index (κ1) is 17.2. The standard InChI is InChI=1S/C14H26N2.C2H6/c1-7-8-14(11(2)3)16-9-12(4)15(6)13(5)10-16;1-2/h7-8,12-13H,9-10H2,1-6H3;1-2H3/b8-7-;. The minimum atomic E-state index is 0.628. The molecule has 0 N–H and O–H groups in total. The minimum Gasteiger partial charge on any atom is -0.368 e. The van der Waals surface area contributed by atoms with Crippen molar-refractivity contribution in [3.8, 4) is 0 Å². The molecule has 0 radical (unpaired) electrons. The van der Waals surface area contributed by atoms with Crippen molar-refractivity contribution >= 4 is 0 Å². The molecule has 0 aliphatic carbocycles. The average molecular weight is 252 g/mol. The molecule has 0 amide bonds. The second-order valence-corrected chi connectivity index (χ2v) is 5.15. The predicted octanol–water partition coefficient (Wildman–Crippen LogP) is 3.91. The fraction of sp³-hybridized carbons (Fsp3) is 0.750. The monoisotopic (exact) mass is 252 g/mol. The van der Waals surface area contributed by atoms with Crippen molar-refractivity contribution < 1.29 is 0 Å². The Morgan fingerprint density at radius 3 is 1.83 bits per heavy atom. The van der Waals surface area contributed by atoms with Gasteiger partial charge in [0.15, 0.2) is 0 Å². The van der Waals surface area contributed by atoms with Crippen molar-refractivity contribution in [1.82, 2.24) is 9.80 Å². The summed E-state index contributed by atoms with van der Waals surface area (Å²) < 4.78 is 0. The summed E-state index contributed by atoms with van der Waals surface area (Å²) in [5, 5.41) is 0. The lowest BCUT2D eigenvalue weighted by Gasteiger charge is -2.44. The number of hydrogen-bond donors (Lipinski definition) is 0. The predicted molar refractivity (Wildman–Crippen MR) is 82.8 cm³/mol. The number of piperazine rings is 1. The van der Waals surface area contributed by atoms with Gasteiger partial charge >= 0.3 is 0 Å². The topological polar surface area (TPSA) is 6.48 Å². The van der Waals surface area contributed by atoms with Gasteiger partial charge in [-0.1, -0.05) is 25.5 Å². The Kier molecular flexibility index (Phi) is 8.01. The van der Waals surface area contributed by atoms with Crippen LogP contribution in [0.2, 0.25) is 0 Å². The molecule has 0 spiro atoms. The van der Waals surface area contributed by atoms with Crippen LogP contribution >= 0.6 is 0 Å². The van der Waals surface area contributed by atoms with Crippen LogP contribution in [0.5, 0.6) is 0 Å². The third-order valence-corrected chi connectivity index (χ3v) is 3.54. The van der Waals surface area contributed by atoms with Crippen LogP contribution in [0.25, 0.3) is 0 Å².